The number of hydrogen-bond acceptors (Lipinski definition) is 2. The minimum absolute atomic E-state index is 0.208. The van der Waals surface area contributed by atoms with E-state index < -0.39 is 0 Å². The second kappa shape index (κ2) is 5.04. The molecule has 6 rings (SSSR count). The minimum Gasteiger partial charge on any atom is -0.283 e. The third-order valence-electron chi connectivity index (χ3n) is 6.42. The van der Waals surface area contributed by atoms with E-state index in [9.17, 15) is 0 Å². The average molecular weight is 348 g/mol. The van der Waals surface area contributed by atoms with Gasteiger partial charge in [-0.3, -0.25) is 9.98 Å². The lowest BCUT2D eigenvalue weighted by molar-refractivity contribution is 0.579. The van der Waals surface area contributed by atoms with Crippen LogP contribution in [-0.2, 0) is 5.41 Å². The van der Waals surface area contributed by atoms with Gasteiger partial charge in [-0.2, -0.15) is 0 Å². The molecular formula is C25H20N2. The molecule has 0 radical (unpaired) electrons. The highest BCUT2D eigenvalue weighted by Gasteiger charge is 2.57. The van der Waals surface area contributed by atoms with E-state index in [1.807, 2.05) is 6.20 Å². The van der Waals surface area contributed by atoms with Crippen molar-refractivity contribution < 1.29 is 0 Å². The van der Waals surface area contributed by atoms with Crippen LogP contribution in [0.25, 0.3) is 11.1 Å². The highest BCUT2D eigenvalue weighted by molar-refractivity contribution is 6.11. The normalized spacial score (nSPS) is 20.1. The van der Waals surface area contributed by atoms with Crippen molar-refractivity contribution in [2.24, 2.45) is 10.9 Å². The average Bonchev–Trinajstić information content (AvgIpc) is 3.14. The number of allylic oxidation sites excluding steroid dienone is 1. The van der Waals surface area contributed by atoms with Crippen molar-refractivity contribution in [1.82, 2.24) is 4.98 Å². The van der Waals surface area contributed by atoms with E-state index in [1.165, 1.54) is 38.9 Å². The molecule has 1 unspecified atom stereocenters. The molecule has 0 saturated heterocycles. The summed E-state index contributed by atoms with van der Waals surface area (Å²) >= 11 is 0. The lowest BCUT2D eigenvalue weighted by Crippen LogP contribution is -2.34. The van der Waals surface area contributed by atoms with Gasteiger partial charge in [0.25, 0.3) is 0 Å². The second-order valence-corrected chi connectivity index (χ2v) is 7.94. The molecule has 2 aromatic carbocycles. The highest BCUT2D eigenvalue weighted by Crippen LogP contribution is 2.61. The molecule has 0 N–H and O–H groups in total. The first-order valence-electron chi connectivity index (χ1n) is 9.61. The molecule has 0 amide bonds. The van der Waals surface area contributed by atoms with Crippen molar-refractivity contribution in [3.8, 4) is 11.1 Å². The van der Waals surface area contributed by atoms with Gasteiger partial charge in [0.05, 0.1) is 23.4 Å². The number of pyridine rings is 1. The summed E-state index contributed by atoms with van der Waals surface area (Å²) < 4.78 is 0. The predicted octanol–water partition coefficient (Wildman–Crippen LogP) is 5.00. The molecule has 1 atom stereocenters. The van der Waals surface area contributed by atoms with E-state index in [4.69, 9.17) is 9.98 Å². The second-order valence-electron chi connectivity index (χ2n) is 7.94. The molecule has 27 heavy (non-hydrogen) atoms. The summed E-state index contributed by atoms with van der Waals surface area (Å²) in [5, 5.41) is 0. The molecule has 2 heterocycles. The molecule has 0 bridgehead atoms. The smallest absolute Gasteiger partial charge is 0.0891 e. The van der Waals surface area contributed by atoms with Gasteiger partial charge in [0, 0.05) is 12.1 Å². The van der Waals surface area contributed by atoms with Crippen molar-refractivity contribution in [2.75, 3.05) is 6.54 Å². The zero-order chi connectivity index (χ0) is 18.2. The molecule has 2 heteroatoms. The van der Waals surface area contributed by atoms with Gasteiger partial charge in [0.2, 0.25) is 0 Å². The van der Waals surface area contributed by atoms with E-state index in [2.05, 4.69) is 74.5 Å². The van der Waals surface area contributed by atoms with Gasteiger partial charge in [-0.25, -0.2) is 0 Å². The third kappa shape index (κ3) is 1.71. The van der Waals surface area contributed by atoms with Crippen LogP contribution in [0.15, 0.2) is 71.9 Å². The van der Waals surface area contributed by atoms with Crippen LogP contribution in [0, 0.1) is 19.8 Å². The molecule has 2 aliphatic carbocycles. The van der Waals surface area contributed by atoms with Crippen molar-refractivity contribution in [3.63, 3.8) is 0 Å². The van der Waals surface area contributed by atoms with Crippen molar-refractivity contribution in [3.05, 3.63) is 100 Å². The summed E-state index contributed by atoms with van der Waals surface area (Å²) in [6, 6.07) is 18.2. The van der Waals surface area contributed by atoms with E-state index in [0.29, 0.717) is 0 Å². The van der Waals surface area contributed by atoms with Gasteiger partial charge in [-0.1, -0.05) is 65.7 Å². The zero-order valence-corrected chi connectivity index (χ0v) is 15.5. The third-order valence-corrected chi connectivity index (χ3v) is 6.42. The fourth-order valence-electron chi connectivity index (χ4n) is 5.41. The van der Waals surface area contributed by atoms with E-state index in [0.717, 1.165) is 18.0 Å². The SMILES string of the molecule is Cc1ccc2c(c1)C1(c3cc(C)ccc3-2)c2cccnc2C2=NCC=CC21. The summed E-state index contributed by atoms with van der Waals surface area (Å²) in [4.78, 5) is 9.70. The number of aromatic nitrogens is 1. The number of benzene rings is 2. The minimum atomic E-state index is -0.220. The van der Waals surface area contributed by atoms with Crippen LogP contribution >= 0.6 is 0 Å². The first kappa shape index (κ1) is 15.1. The fourth-order valence-corrected chi connectivity index (χ4v) is 5.41. The molecule has 130 valence electrons. The van der Waals surface area contributed by atoms with Gasteiger partial charge >= 0.3 is 0 Å². The lowest BCUT2D eigenvalue weighted by atomic mass is 9.67. The number of fused-ring (bicyclic) bond motifs is 10. The molecular weight excluding hydrogens is 328 g/mol. The Kier molecular flexibility index (Phi) is 2.82. The largest absolute Gasteiger partial charge is 0.283 e. The number of aliphatic imine (C=N–C) groups is 1. The number of dihydropyridines is 1. The Morgan fingerprint density at radius 2 is 1.59 bits per heavy atom. The molecule has 1 aliphatic heterocycles. The fraction of sp³-hybridized carbons (Fsp3) is 0.200. The Bertz CT molecular complexity index is 1130. The molecule has 1 aromatic heterocycles. The quantitative estimate of drug-likeness (QED) is 0.525. The molecule has 3 aromatic rings. The van der Waals surface area contributed by atoms with Crippen LogP contribution in [0.1, 0.15) is 33.5 Å². The number of aryl methyl sites for hydroxylation is 2. The number of hydrogen-bond donors (Lipinski definition) is 0. The van der Waals surface area contributed by atoms with Crippen LogP contribution in [0.2, 0.25) is 0 Å². The monoisotopic (exact) mass is 348 g/mol. The van der Waals surface area contributed by atoms with Crippen LogP contribution in [-0.4, -0.2) is 17.2 Å². The molecule has 2 nitrogen and oxygen atoms in total. The summed E-state index contributed by atoms with van der Waals surface area (Å²) in [6.45, 7) is 5.12. The van der Waals surface area contributed by atoms with Crippen molar-refractivity contribution >= 4 is 5.71 Å². The molecule has 1 spiro atoms. The number of rotatable bonds is 0. The Balaban J connectivity index is 1.83. The first-order valence-corrected chi connectivity index (χ1v) is 9.61. The highest BCUT2D eigenvalue weighted by atomic mass is 14.8. The zero-order valence-electron chi connectivity index (χ0n) is 15.5. The summed E-state index contributed by atoms with van der Waals surface area (Å²) in [5.41, 5.74) is 11.4. The van der Waals surface area contributed by atoms with Gasteiger partial charge < -0.3 is 0 Å². The Labute approximate surface area is 159 Å². The summed E-state index contributed by atoms with van der Waals surface area (Å²) in [5.74, 6) is 0.208. The van der Waals surface area contributed by atoms with Gasteiger partial charge in [0.1, 0.15) is 0 Å². The van der Waals surface area contributed by atoms with Gasteiger partial charge in [-0.15, -0.1) is 0 Å². The molecule has 0 fully saturated rings. The predicted molar refractivity (Wildman–Crippen MR) is 110 cm³/mol. The van der Waals surface area contributed by atoms with Crippen LogP contribution in [0.5, 0.6) is 0 Å². The number of nitrogens with zero attached hydrogens (tertiary/aromatic N) is 2. The standard InChI is InChI=1S/C25H20N2/c1-15-7-9-17-18-10-8-16(2)14-22(18)25(21(17)13-15)19-5-3-11-26-23(19)24-20(25)6-4-12-27-24/h3-11,13-14,20H,12H2,1-2H3. The summed E-state index contributed by atoms with van der Waals surface area (Å²) in [6.07, 6.45) is 6.48. The van der Waals surface area contributed by atoms with Crippen molar-refractivity contribution in [2.45, 2.75) is 19.3 Å². The Hall–Kier alpha value is -3.00. The maximum absolute atomic E-state index is 4.91. The maximum atomic E-state index is 4.91. The maximum Gasteiger partial charge on any atom is 0.0891 e. The van der Waals surface area contributed by atoms with Gasteiger partial charge in [-0.05, 0) is 47.7 Å². The first-order chi connectivity index (χ1) is 13.2. The lowest BCUT2D eigenvalue weighted by Gasteiger charge is -2.34. The van der Waals surface area contributed by atoms with E-state index in [-0.39, 0.29) is 11.3 Å². The van der Waals surface area contributed by atoms with Crippen LogP contribution in [0.3, 0.4) is 0 Å². The van der Waals surface area contributed by atoms with Crippen molar-refractivity contribution in [1.29, 1.82) is 0 Å². The van der Waals surface area contributed by atoms with E-state index >= 15 is 0 Å². The molecule has 3 aliphatic rings. The molecule has 0 saturated carbocycles. The Morgan fingerprint density at radius 3 is 2.30 bits per heavy atom. The van der Waals surface area contributed by atoms with Crippen LogP contribution < -0.4 is 0 Å². The van der Waals surface area contributed by atoms with Gasteiger partial charge in [0.15, 0.2) is 0 Å². The van der Waals surface area contributed by atoms with E-state index in [1.54, 1.807) is 0 Å². The Morgan fingerprint density at radius 1 is 0.889 bits per heavy atom. The summed E-state index contributed by atoms with van der Waals surface area (Å²) in [7, 11) is 0. The topological polar surface area (TPSA) is 25.2 Å². The van der Waals surface area contributed by atoms with Crippen LogP contribution in [0.4, 0.5) is 0 Å².